The Balaban J connectivity index is 1.51. The average Bonchev–Trinajstić information content (AvgIpc) is 3.13. The number of carbonyl (C=O) groups excluding carboxylic acids is 4. The number of nitrogens with one attached hydrogen (secondary N) is 2. The third-order valence-electron chi connectivity index (χ3n) is 4.75. The molecule has 2 heterocycles. The van der Waals surface area contributed by atoms with E-state index in [4.69, 9.17) is 0 Å². The normalized spacial score (nSPS) is 16.3. The van der Waals surface area contributed by atoms with Crippen molar-refractivity contribution in [2.45, 2.75) is 39.2 Å². The van der Waals surface area contributed by atoms with Gasteiger partial charge < -0.3 is 15.5 Å². The summed E-state index contributed by atoms with van der Waals surface area (Å²) in [5.74, 6) is -0.478. The van der Waals surface area contributed by atoms with Crippen molar-refractivity contribution in [3.63, 3.8) is 0 Å². The predicted octanol–water partition coefficient (Wildman–Crippen LogP) is 1.82. The topological polar surface area (TPSA) is 98.8 Å². The maximum atomic E-state index is 12.4. The number of carbonyl (C=O) groups is 4. The number of hydrogen-bond acceptors (Lipinski definition) is 4. The van der Waals surface area contributed by atoms with E-state index < -0.39 is 0 Å². The first kappa shape index (κ1) is 18.9. The number of benzene rings is 1. The Bertz CT molecular complexity index is 790. The molecule has 0 aliphatic carbocycles. The third-order valence-corrected chi connectivity index (χ3v) is 4.75. The Labute approximate surface area is 157 Å². The molecule has 27 heavy (non-hydrogen) atoms. The second-order valence-corrected chi connectivity index (χ2v) is 7.05. The monoisotopic (exact) mass is 372 g/mol. The van der Waals surface area contributed by atoms with Crippen molar-refractivity contribution < 1.29 is 19.2 Å². The number of rotatable bonds is 6. The van der Waals surface area contributed by atoms with Crippen LogP contribution in [-0.2, 0) is 4.79 Å². The zero-order valence-corrected chi connectivity index (χ0v) is 15.6. The van der Waals surface area contributed by atoms with E-state index in [0.29, 0.717) is 42.7 Å². The van der Waals surface area contributed by atoms with E-state index in [0.717, 1.165) is 13.0 Å². The number of nitrogens with zero attached hydrogens (tertiary/aromatic N) is 2. The summed E-state index contributed by atoms with van der Waals surface area (Å²) in [5.41, 5.74) is 1.11. The van der Waals surface area contributed by atoms with Gasteiger partial charge in [-0.15, -0.1) is 0 Å². The van der Waals surface area contributed by atoms with Gasteiger partial charge >= 0.3 is 6.03 Å². The van der Waals surface area contributed by atoms with E-state index in [9.17, 15) is 19.2 Å². The molecule has 0 aromatic heterocycles. The van der Waals surface area contributed by atoms with Gasteiger partial charge in [0.05, 0.1) is 11.1 Å². The molecule has 2 aliphatic heterocycles. The molecule has 0 atom stereocenters. The summed E-state index contributed by atoms with van der Waals surface area (Å²) in [6.45, 7) is 5.44. The first-order valence-corrected chi connectivity index (χ1v) is 9.23. The van der Waals surface area contributed by atoms with Crippen LogP contribution < -0.4 is 10.6 Å². The number of fused-ring (bicyclic) bond motifs is 1. The van der Waals surface area contributed by atoms with Crippen LogP contribution >= 0.6 is 0 Å². The molecule has 2 N–H and O–H groups in total. The number of urea groups is 1. The highest BCUT2D eigenvalue weighted by molar-refractivity contribution is 6.22. The maximum absolute atomic E-state index is 12.4. The number of likely N-dealkylation sites (tertiary alicyclic amines) is 1. The van der Waals surface area contributed by atoms with Gasteiger partial charge in [-0.05, 0) is 44.9 Å². The van der Waals surface area contributed by atoms with Crippen molar-refractivity contribution in [3.05, 3.63) is 29.3 Å². The molecule has 5 amide bonds. The molecule has 1 fully saturated rings. The van der Waals surface area contributed by atoms with Crippen molar-refractivity contribution in [2.75, 3.05) is 25.0 Å². The number of anilines is 1. The van der Waals surface area contributed by atoms with Crippen LogP contribution in [0.1, 0.15) is 53.8 Å². The van der Waals surface area contributed by atoms with Gasteiger partial charge in [-0.25, -0.2) is 4.79 Å². The minimum absolute atomic E-state index is 0.173. The fourth-order valence-electron chi connectivity index (χ4n) is 3.39. The molecule has 8 nitrogen and oxygen atoms in total. The Morgan fingerprint density at radius 3 is 2.56 bits per heavy atom. The smallest absolute Gasteiger partial charge is 0.319 e. The summed E-state index contributed by atoms with van der Waals surface area (Å²) in [6.07, 6.45) is 2.20. The molecule has 1 aromatic carbocycles. The number of amides is 5. The molecular weight excluding hydrogens is 348 g/mol. The van der Waals surface area contributed by atoms with Gasteiger partial charge in [-0.2, -0.15) is 0 Å². The van der Waals surface area contributed by atoms with E-state index in [1.54, 1.807) is 26.0 Å². The molecule has 1 saturated heterocycles. The van der Waals surface area contributed by atoms with Gasteiger partial charge in [0.2, 0.25) is 5.91 Å². The third kappa shape index (κ3) is 3.94. The maximum Gasteiger partial charge on any atom is 0.319 e. The molecule has 2 aliphatic rings. The van der Waals surface area contributed by atoms with Crippen LogP contribution in [0.25, 0.3) is 0 Å². The molecule has 0 saturated carbocycles. The predicted molar refractivity (Wildman–Crippen MR) is 99.5 cm³/mol. The molecule has 1 aromatic rings. The fraction of sp³-hybridized carbons (Fsp3) is 0.474. The van der Waals surface area contributed by atoms with Gasteiger partial charge in [-0.1, -0.05) is 0 Å². The Kier molecular flexibility index (Phi) is 5.43. The summed E-state index contributed by atoms with van der Waals surface area (Å²) in [6, 6.07) is 4.09. The van der Waals surface area contributed by atoms with Crippen LogP contribution in [0.4, 0.5) is 10.5 Å². The van der Waals surface area contributed by atoms with Gasteiger partial charge in [0, 0.05) is 37.8 Å². The van der Waals surface area contributed by atoms with Gasteiger partial charge in [0.25, 0.3) is 11.8 Å². The van der Waals surface area contributed by atoms with Crippen LogP contribution in [0.2, 0.25) is 0 Å². The Hall–Kier alpha value is -2.90. The Morgan fingerprint density at radius 1 is 1.15 bits per heavy atom. The zero-order chi connectivity index (χ0) is 19.6. The molecule has 8 heteroatoms. The lowest BCUT2D eigenvalue weighted by Crippen LogP contribution is -2.35. The minimum Gasteiger partial charge on any atom is -0.343 e. The molecule has 144 valence electrons. The lowest BCUT2D eigenvalue weighted by atomic mass is 10.1. The van der Waals surface area contributed by atoms with Crippen molar-refractivity contribution >= 4 is 29.4 Å². The zero-order valence-electron chi connectivity index (χ0n) is 15.6. The van der Waals surface area contributed by atoms with Gasteiger partial charge in [0.1, 0.15) is 0 Å². The van der Waals surface area contributed by atoms with Gasteiger partial charge in [-0.3, -0.25) is 19.3 Å². The quantitative estimate of drug-likeness (QED) is 0.588. The van der Waals surface area contributed by atoms with Crippen molar-refractivity contribution in [3.8, 4) is 0 Å². The largest absolute Gasteiger partial charge is 0.343 e. The van der Waals surface area contributed by atoms with E-state index in [1.165, 1.54) is 11.0 Å². The van der Waals surface area contributed by atoms with Crippen LogP contribution in [0.5, 0.6) is 0 Å². The van der Waals surface area contributed by atoms with Crippen LogP contribution in [0.3, 0.4) is 0 Å². The van der Waals surface area contributed by atoms with E-state index >= 15 is 0 Å². The number of hydrogen-bond donors (Lipinski definition) is 2. The summed E-state index contributed by atoms with van der Waals surface area (Å²) < 4.78 is 0. The summed E-state index contributed by atoms with van der Waals surface area (Å²) in [7, 11) is 0. The molecule has 0 bridgehead atoms. The first-order chi connectivity index (χ1) is 12.9. The fourth-order valence-corrected chi connectivity index (χ4v) is 3.39. The van der Waals surface area contributed by atoms with Crippen LogP contribution in [-0.4, -0.2) is 59.2 Å². The van der Waals surface area contributed by atoms with Crippen LogP contribution in [0, 0.1) is 0 Å². The van der Waals surface area contributed by atoms with Gasteiger partial charge in [0.15, 0.2) is 0 Å². The van der Waals surface area contributed by atoms with Crippen molar-refractivity contribution in [1.82, 2.24) is 15.1 Å². The summed E-state index contributed by atoms with van der Waals surface area (Å²) in [5, 5.41) is 5.41. The van der Waals surface area contributed by atoms with E-state index in [1.807, 2.05) is 4.90 Å². The van der Waals surface area contributed by atoms with Crippen molar-refractivity contribution in [2.24, 2.45) is 0 Å². The number of imide groups is 1. The minimum atomic E-state index is -0.389. The van der Waals surface area contributed by atoms with E-state index in [-0.39, 0.29) is 29.8 Å². The molecular formula is C19H24N4O4. The summed E-state index contributed by atoms with van der Waals surface area (Å²) in [4.78, 5) is 51.2. The Morgan fingerprint density at radius 2 is 1.89 bits per heavy atom. The second kappa shape index (κ2) is 7.77. The molecule has 0 radical (unpaired) electrons. The van der Waals surface area contributed by atoms with Crippen LogP contribution in [0.15, 0.2) is 18.2 Å². The lowest BCUT2D eigenvalue weighted by molar-refractivity contribution is -0.127. The van der Waals surface area contributed by atoms with E-state index in [2.05, 4.69) is 10.6 Å². The average molecular weight is 372 g/mol. The first-order valence-electron chi connectivity index (χ1n) is 9.23. The highest BCUT2D eigenvalue weighted by atomic mass is 16.2. The lowest BCUT2D eigenvalue weighted by Gasteiger charge is -2.17. The molecule has 3 rings (SSSR count). The second-order valence-electron chi connectivity index (χ2n) is 7.05. The van der Waals surface area contributed by atoms with Crippen molar-refractivity contribution in [1.29, 1.82) is 0 Å². The standard InChI is InChI=1S/C19H24N4O4/c1-12(2)23-17(25)14-7-6-13(11-15(14)18(23)26)21-19(27)20-8-4-10-22-9-3-5-16(22)24/h6-7,11-12H,3-5,8-10H2,1-2H3,(H2,20,21,27). The highest BCUT2D eigenvalue weighted by Gasteiger charge is 2.37. The molecule has 0 spiro atoms. The summed E-state index contributed by atoms with van der Waals surface area (Å²) >= 11 is 0. The SMILES string of the molecule is CC(C)N1C(=O)c2ccc(NC(=O)NCCCN3CCCC3=O)cc2C1=O. The highest BCUT2D eigenvalue weighted by Crippen LogP contribution is 2.27. The molecule has 0 unspecified atom stereocenters.